The van der Waals surface area contributed by atoms with Gasteiger partial charge < -0.3 is 5.32 Å². The van der Waals surface area contributed by atoms with E-state index in [4.69, 9.17) is 12.2 Å². The summed E-state index contributed by atoms with van der Waals surface area (Å²) in [4.78, 5) is 1.19. The van der Waals surface area contributed by atoms with E-state index < -0.39 is 0 Å². The van der Waals surface area contributed by atoms with Gasteiger partial charge in [0.1, 0.15) is 0 Å². The van der Waals surface area contributed by atoms with Crippen LogP contribution in [0.4, 0.5) is 0 Å². The van der Waals surface area contributed by atoms with Gasteiger partial charge in [-0.25, -0.2) is 0 Å². The summed E-state index contributed by atoms with van der Waals surface area (Å²) in [6.45, 7) is 10.3. The van der Waals surface area contributed by atoms with Gasteiger partial charge in [0.15, 0.2) is 0 Å². The van der Waals surface area contributed by atoms with E-state index in [-0.39, 0.29) is 0 Å². The summed E-state index contributed by atoms with van der Waals surface area (Å²) in [6, 6.07) is 0.562. The second kappa shape index (κ2) is 8.90. The summed E-state index contributed by atoms with van der Waals surface area (Å²) in [5, 5.41) is 3.44. The van der Waals surface area contributed by atoms with Crippen LogP contribution in [0.15, 0.2) is 12.3 Å². The lowest BCUT2D eigenvalue weighted by atomic mass is 10.0. The second-order valence-electron chi connectivity index (χ2n) is 4.19. The van der Waals surface area contributed by atoms with E-state index in [1.165, 1.54) is 24.1 Å². The molecule has 0 radical (unpaired) electrons. The Labute approximate surface area is 100 Å². The van der Waals surface area contributed by atoms with Gasteiger partial charge in [-0.05, 0) is 37.5 Å². The van der Waals surface area contributed by atoms with Gasteiger partial charge in [0.25, 0.3) is 0 Å². The standard InChI is InChI=1S/C13H25NS/c1-5-7-8-12(14-11(3)4)9-10-13(15)6-2/h12,14H,3,5-10H2,1-2,4H3. The molecule has 0 fully saturated rings. The topological polar surface area (TPSA) is 12.0 Å². The van der Waals surface area contributed by atoms with Crippen LogP contribution in [0, 0.1) is 0 Å². The number of hydrogen-bond donors (Lipinski definition) is 1. The average Bonchev–Trinajstić information content (AvgIpc) is 2.20. The SMILES string of the molecule is C=C(C)NC(CCCC)CCC(=S)CC. The Morgan fingerprint density at radius 1 is 1.33 bits per heavy atom. The minimum absolute atomic E-state index is 0.562. The van der Waals surface area contributed by atoms with Gasteiger partial charge in [-0.3, -0.25) is 0 Å². The van der Waals surface area contributed by atoms with E-state index in [0.717, 1.165) is 25.0 Å². The average molecular weight is 227 g/mol. The Balaban J connectivity index is 3.88. The minimum Gasteiger partial charge on any atom is -0.386 e. The summed E-state index contributed by atoms with van der Waals surface area (Å²) in [6.07, 6.45) is 7.02. The quantitative estimate of drug-likeness (QED) is 0.592. The fourth-order valence-corrected chi connectivity index (χ4v) is 1.72. The van der Waals surface area contributed by atoms with Crippen LogP contribution in [0.3, 0.4) is 0 Å². The first-order valence-corrected chi connectivity index (χ1v) is 6.44. The molecule has 2 heteroatoms. The molecule has 0 aliphatic rings. The van der Waals surface area contributed by atoms with Gasteiger partial charge in [0, 0.05) is 11.7 Å². The summed E-state index contributed by atoms with van der Waals surface area (Å²) in [7, 11) is 0. The van der Waals surface area contributed by atoms with Gasteiger partial charge in [-0.2, -0.15) is 0 Å². The maximum Gasteiger partial charge on any atom is 0.0261 e. The second-order valence-corrected chi connectivity index (χ2v) is 4.77. The first-order valence-electron chi connectivity index (χ1n) is 6.03. The molecule has 88 valence electrons. The number of rotatable bonds is 9. The highest BCUT2D eigenvalue weighted by molar-refractivity contribution is 7.80. The van der Waals surface area contributed by atoms with E-state index >= 15 is 0 Å². The zero-order chi connectivity index (χ0) is 11.7. The molecule has 0 saturated carbocycles. The van der Waals surface area contributed by atoms with Crippen LogP contribution in [0.1, 0.15) is 59.3 Å². The summed E-state index contributed by atoms with van der Waals surface area (Å²) < 4.78 is 0. The van der Waals surface area contributed by atoms with Gasteiger partial charge in [-0.1, -0.05) is 45.5 Å². The number of thiocarbonyl (C=S) groups is 1. The van der Waals surface area contributed by atoms with E-state index in [2.05, 4.69) is 25.7 Å². The van der Waals surface area contributed by atoms with Crippen molar-refractivity contribution < 1.29 is 0 Å². The van der Waals surface area contributed by atoms with Crippen LogP contribution >= 0.6 is 12.2 Å². The highest BCUT2D eigenvalue weighted by Crippen LogP contribution is 2.10. The molecule has 0 bridgehead atoms. The van der Waals surface area contributed by atoms with Crippen LogP contribution in [-0.2, 0) is 0 Å². The molecule has 15 heavy (non-hydrogen) atoms. The van der Waals surface area contributed by atoms with Crippen molar-refractivity contribution in [3.63, 3.8) is 0 Å². The van der Waals surface area contributed by atoms with Crippen molar-refractivity contribution in [1.82, 2.24) is 5.32 Å². The monoisotopic (exact) mass is 227 g/mol. The number of hydrogen-bond acceptors (Lipinski definition) is 2. The molecular weight excluding hydrogens is 202 g/mol. The molecule has 0 saturated heterocycles. The van der Waals surface area contributed by atoms with Crippen molar-refractivity contribution in [2.24, 2.45) is 0 Å². The molecule has 0 aliphatic carbocycles. The fraction of sp³-hybridized carbons (Fsp3) is 0.769. The Morgan fingerprint density at radius 2 is 2.00 bits per heavy atom. The molecule has 0 rings (SSSR count). The predicted octanol–water partition coefficient (Wildman–Crippen LogP) is 4.23. The first kappa shape index (κ1) is 14.6. The zero-order valence-electron chi connectivity index (χ0n) is 10.4. The van der Waals surface area contributed by atoms with Crippen molar-refractivity contribution in [3.05, 3.63) is 12.3 Å². The van der Waals surface area contributed by atoms with Crippen LogP contribution in [0.5, 0.6) is 0 Å². The molecule has 0 aromatic rings. The smallest absolute Gasteiger partial charge is 0.0261 e. The molecule has 0 spiro atoms. The lowest BCUT2D eigenvalue weighted by molar-refractivity contribution is 0.482. The molecule has 1 atom stereocenters. The number of allylic oxidation sites excluding steroid dienone is 1. The van der Waals surface area contributed by atoms with Crippen LogP contribution in [0.2, 0.25) is 0 Å². The van der Waals surface area contributed by atoms with E-state index in [0.29, 0.717) is 6.04 Å². The Kier molecular flexibility index (Phi) is 8.68. The molecule has 1 nitrogen and oxygen atoms in total. The van der Waals surface area contributed by atoms with Crippen molar-refractivity contribution in [1.29, 1.82) is 0 Å². The van der Waals surface area contributed by atoms with Crippen molar-refractivity contribution in [2.75, 3.05) is 0 Å². The molecule has 0 heterocycles. The lowest BCUT2D eigenvalue weighted by Gasteiger charge is -2.19. The Morgan fingerprint density at radius 3 is 2.47 bits per heavy atom. The zero-order valence-corrected chi connectivity index (χ0v) is 11.3. The summed E-state index contributed by atoms with van der Waals surface area (Å²) >= 11 is 5.25. The number of unbranched alkanes of at least 4 members (excludes halogenated alkanes) is 1. The molecular formula is C13H25NS. The lowest BCUT2D eigenvalue weighted by Crippen LogP contribution is -2.27. The first-order chi connectivity index (χ1) is 7.10. The third kappa shape index (κ3) is 8.61. The molecule has 0 amide bonds. The molecule has 0 aromatic carbocycles. The maximum absolute atomic E-state index is 5.25. The molecule has 0 aromatic heterocycles. The summed E-state index contributed by atoms with van der Waals surface area (Å²) in [5.41, 5.74) is 1.07. The predicted molar refractivity (Wildman–Crippen MR) is 73.4 cm³/mol. The molecule has 0 aliphatic heterocycles. The van der Waals surface area contributed by atoms with Crippen molar-refractivity contribution in [2.45, 2.75) is 65.3 Å². The normalized spacial score (nSPS) is 12.2. The van der Waals surface area contributed by atoms with E-state index in [1.54, 1.807) is 0 Å². The number of nitrogens with one attached hydrogen (secondary N) is 1. The van der Waals surface area contributed by atoms with E-state index in [1.807, 2.05) is 6.92 Å². The van der Waals surface area contributed by atoms with Gasteiger partial charge in [-0.15, -0.1) is 0 Å². The van der Waals surface area contributed by atoms with Crippen LogP contribution in [-0.4, -0.2) is 10.9 Å². The Bertz CT molecular complexity index is 199. The maximum atomic E-state index is 5.25. The molecule has 1 N–H and O–H groups in total. The largest absolute Gasteiger partial charge is 0.386 e. The highest BCUT2D eigenvalue weighted by atomic mass is 32.1. The van der Waals surface area contributed by atoms with E-state index in [9.17, 15) is 0 Å². The van der Waals surface area contributed by atoms with Crippen LogP contribution < -0.4 is 5.32 Å². The van der Waals surface area contributed by atoms with Gasteiger partial charge >= 0.3 is 0 Å². The minimum atomic E-state index is 0.562. The third-order valence-corrected chi connectivity index (χ3v) is 3.02. The van der Waals surface area contributed by atoms with Crippen molar-refractivity contribution in [3.8, 4) is 0 Å². The summed E-state index contributed by atoms with van der Waals surface area (Å²) in [5.74, 6) is 0. The van der Waals surface area contributed by atoms with Gasteiger partial charge in [0.05, 0.1) is 0 Å². The fourth-order valence-electron chi connectivity index (χ4n) is 1.60. The third-order valence-electron chi connectivity index (χ3n) is 2.52. The molecule has 1 unspecified atom stereocenters. The Hall–Kier alpha value is -0.370. The highest BCUT2D eigenvalue weighted by Gasteiger charge is 2.08. The van der Waals surface area contributed by atoms with Crippen molar-refractivity contribution >= 4 is 17.1 Å². The van der Waals surface area contributed by atoms with Gasteiger partial charge in [0.2, 0.25) is 0 Å². The van der Waals surface area contributed by atoms with Crippen LogP contribution in [0.25, 0.3) is 0 Å².